The number of nitrogens with one attached hydrogen (secondary N) is 3. The molecule has 1 fully saturated rings. The molecule has 4 atom stereocenters. The van der Waals surface area contributed by atoms with Gasteiger partial charge < -0.3 is 24.8 Å². The fourth-order valence-corrected chi connectivity index (χ4v) is 6.02. The van der Waals surface area contributed by atoms with Gasteiger partial charge in [0, 0.05) is 6.26 Å². The zero-order valence-electron chi connectivity index (χ0n) is 28.7. The maximum Gasteiger partial charge on any atom is 0.411 e. The molecule has 0 aromatic heterocycles. The summed E-state index contributed by atoms with van der Waals surface area (Å²) in [6, 6.07) is 26.2. The van der Waals surface area contributed by atoms with Gasteiger partial charge in [0.15, 0.2) is 15.9 Å². The molecular formula is C37H47N3O8S. The molecule has 11 nitrogen and oxygen atoms in total. The molecular weight excluding hydrogens is 646 g/mol. The Morgan fingerprint density at radius 1 is 0.857 bits per heavy atom. The predicted octanol–water partition coefficient (Wildman–Crippen LogP) is 5.81. The first-order chi connectivity index (χ1) is 23.2. The molecule has 264 valence electrons. The summed E-state index contributed by atoms with van der Waals surface area (Å²) in [4.78, 5) is 40.3. The number of epoxide rings is 1. The van der Waals surface area contributed by atoms with Crippen molar-refractivity contribution in [3.8, 4) is 0 Å². The summed E-state index contributed by atoms with van der Waals surface area (Å²) in [5.74, 6) is -2.57. The molecule has 0 saturated carbocycles. The van der Waals surface area contributed by atoms with Crippen LogP contribution < -0.4 is 16.0 Å². The Bertz CT molecular complexity index is 1650. The molecule has 1 heterocycles. The van der Waals surface area contributed by atoms with E-state index in [1.807, 2.05) is 80.6 Å². The van der Waals surface area contributed by atoms with Crippen LogP contribution in [-0.2, 0) is 41.9 Å². The Balaban J connectivity index is 1.53. The number of hydrogen-bond acceptors (Lipinski definition) is 8. The van der Waals surface area contributed by atoms with Gasteiger partial charge in [-0.3, -0.25) is 10.1 Å². The lowest BCUT2D eigenvalue weighted by molar-refractivity contribution is -0.131. The van der Waals surface area contributed by atoms with Crippen molar-refractivity contribution in [2.24, 2.45) is 5.92 Å². The molecule has 0 bridgehead atoms. The van der Waals surface area contributed by atoms with Crippen LogP contribution in [0.2, 0.25) is 0 Å². The molecule has 0 radical (unpaired) electrons. The Kier molecular flexibility index (Phi) is 12.5. The van der Waals surface area contributed by atoms with Gasteiger partial charge in [-0.2, -0.15) is 0 Å². The first kappa shape index (κ1) is 37.4. The van der Waals surface area contributed by atoms with Crippen molar-refractivity contribution in [1.82, 2.24) is 16.0 Å². The Morgan fingerprint density at radius 3 is 2.00 bits per heavy atom. The summed E-state index contributed by atoms with van der Waals surface area (Å²) in [5, 5.41) is 7.96. The van der Waals surface area contributed by atoms with Crippen molar-refractivity contribution in [2.45, 2.75) is 88.8 Å². The minimum Gasteiger partial charge on any atom is -0.445 e. The molecule has 3 aromatic carbocycles. The van der Waals surface area contributed by atoms with E-state index in [4.69, 9.17) is 14.2 Å². The van der Waals surface area contributed by atoms with E-state index >= 15 is 0 Å². The third-order valence-corrected chi connectivity index (χ3v) is 10.7. The molecule has 1 saturated heterocycles. The zero-order valence-corrected chi connectivity index (χ0v) is 29.5. The van der Waals surface area contributed by atoms with E-state index in [0.717, 1.165) is 23.8 Å². The second kappa shape index (κ2) is 16.3. The van der Waals surface area contributed by atoms with E-state index in [9.17, 15) is 22.8 Å². The summed E-state index contributed by atoms with van der Waals surface area (Å²) >= 11 is 0. The second-order valence-electron chi connectivity index (χ2n) is 13.3. The summed E-state index contributed by atoms with van der Waals surface area (Å²) in [7, 11) is -3.93. The highest BCUT2D eigenvalue weighted by atomic mass is 32.2. The minimum atomic E-state index is -3.93. The molecule has 1 aliphatic heterocycles. The van der Waals surface area contributed by atoms with E-state index < -0.39 is 50.7 Å². The molecule has 1 aliphatic rings. The molecule has 3 aromatic rings. The average molecular weight is 694 g/mol. The van der Waals surface area contributed by atoms with E-state index in [0.29, 0.717) is 24.8 Å². The monoisotopic (exact) mass is 693 g/mol. The van der Waals surface area contributed by atoms with Crippen LogP contribution in [0.3, 0.4) is 0 Å². The number of rotatable bonds is 16. The lowest BCUT2D eigenvalue weighted by Crippen LogP contribution is -2.63. The molecule has 12 heteroatoms. The van der Waals surface area contributed by atoms with Crippen molar-refractivity contribution >= 4 is 27.9 Å². The zero-order chi connectivity index (χ0) is 35.7. The van der Waals surface area contributed by atoms with Crippen LogP contribution in [0.5, 0.6) is 0 Å². The van der Waals surface area contributed by atoms with Crippen molar-refractivity contribution in [3.63, 3.8) is 0 Å². The predicted molar refractivity (Wildman–Crippen MR) is 186 cm³/mol. The van der Waals surface area contributed by atoms with Crippen LogP contribution >= 0.6 is 0 Å². The van der Waals surface area contributed by atoms with Crippen LogP contribution in [0, 0.1) is 5.92 Å². The largest absolute Gasteiger partial charge is 0.445 e. The smallest absolute Gasteiger partial charge is 0.411 e. The van der Waals surface area contributed by atoms with Gasteiger partial charge in [0.25, 0.3) is 0 Å². The van der Waals surface area contributed by atoms with Gasteiger partial charge in [-0.1, -0.05) is 105 Å². The number of carbonyl (C=O) groups is 3. The lowest BCUT2D eigenvalue weighted by Gasteiger charge is -2.32. The standard InChI is InChI=1S/C37H47N3O8S/c1-26(2)24-30(29-21-13-8-14-22-29)38-35(43)48-37(31(47-37)23-15-20-27-16-9-6-10-17-27)40-33(41)32(36(3,4)49(5,44)45)39-34(42)46-25-28-18-11-7-12-19-28/h6-14,16-19,21-22,26,30-32H,15,20,23-25H2,1-5H3,(H,38,43)(H,39,42)(H,40,41)/t30?,31-,32+,37?/m1/s1. The molecule has 49 heavy (non-hydrogen) atoms. The molecule has 2 unspecified atom stereocenters. The average Bonchev–Trinajstić information content (AvgIpc) is 3.72. The SMILES string of the molecule is CC(C)CC(NC(=O)OC1(NC(=O)[C@H](NC(=O)OCc2ccccc2)C(C)(C)S(C)(=O)=O)O[C@@H]1CCCc1ccccc1)c1ccccc1. The Labute approximate surface area is 289 Å². The van der Waals surface area contributed by atoms with Gasteiger partial charge in [-0.25, -0.2) is 18.0 Å². The highest BCUT2D eigenvalue weighted by Gasteiger charge is 2.63. The lowest BCUT2D eigenvalue weighted by atomic mass is 9.97. The number of hydrogen-bond donors (Lipinski definition) is 3. The number of benzene rings is 3. The van der Waals surface area contributed by atoms with Crippen molar-refractivity contribution in [3.05, 3.63) is 108 Å². The summed E-state index contributed by atoms with van der Waals surface area (Å²) < 4.78 is 41.1. The van der Waals surface area contributed by atoms with Gasteiger partial charge in [0.1, 0.15) is 12.6 Å². The van der Waals surface area contributed by atoms with E-state index in [2.05, 4.69) is 16.0 Å². The van der Waals surface area contributed by atoms with Crippen LogP contribution in [-0.4, -0.2) is 55.6 Å². The minimum absolute atomic E-state index is 0.0981. The van der Waals surface area contributed by atoms with Gasteiger partial charge >= 0.3 is 18.1 Å². The van der Waals surface area contributed by atoms with E-state index in [-0.39, 0.29) is 18.6 Å². The van der Waals surface area contributed by atoms with Gasteiger partial charge in [0.2, 0.25) is 5.91 Å². The number of aryl methyl sites for hydroxylation is 1. The third kappa shape index (κ3) is 10.5. The summed E-state index contributed by atoms with van der Waals surface area (Å²) in [6.07, 6.45) is 0.849. The molecule has 4 rings (SSSR count). The first-order valence-corrected chi connectivity index (χ1v) is 18.3. The Hall–Kier alpha value is -4.42. The topological polar surface area (TPSA) is 152 Å². The van der Waals surface area contributed by atoms with E-state index in [1.54, 1.807) is 24.3 Å². The maximum absolute atomic E-state index is 14.0. The number of carbonyl (C=O) groups excluding carboxylic acids is 3. The van der Waals surface area contributed by atoms with E-state index in [1.165, 1.54) is 13.8 Å². The second-order valence-corrected chi connectivity index (χ2v) is 15.9. The third-order valence-electron chi connectivity index (χ3n) is 8.59. The highest BCUT2D eigenvalue weighted by molar-refractivity contribution is 7.92. The van der Waals surface area contributed by atoms with Crippen LogP contribution in [0.25, 0.3) is 0 Å². The number of ether oxygens (including phenoxy) is 3. The summed E-state index contributed by atoms with van der Waals surface area (Å²) in [6.45, 7) is 6.63. The van der Waals surface area contributed by atoms with Gasteiger partial charge in [-0.15, -0.1) is 0 Å². The fraction of sp³-hybridized carbons (Fsp3) is 0.432. The first-order valence-electron chi connectivity index (χ1n) is 16.4. The van der Waals surface area contributed by atoms with Crippen molar-refractivity contribution in [1.29, 1.82) is 0 Å². The number of amides is 3. The van der Waals surface area contributed by atoms with Crippen LogP contribution in [0.15, 0.2) is 91.0 Å². The van der Waals surface area contributed by atoms with Crippen LogP contribution in [0.4, 0.5) is 9.59 Å². The van der Waals surface area contributed by atoms with Gasteiger partial charge in [0.05, 0.1) is 10.8 Å². The summed E-state index contributed by atoms with van der Waals surface area (Å²) in [5.41, 5.74) is 2.70. The highest BCUT2D eigenvalue weighted by Crippen LogP contribution is 2.40. The van der Waals surface area contributed by atoms with Gasteiger partial charge in [-0.05, 0) is 62.1 Å². The molecule has 0 aliphatic carbocycles. The maximum atomic E-state index is 14.0. The van der Waals surface area contributed by atoms with Crippen LogP contribution in [0.1, 0.15) is 69.7 Å². The number of sulfone groups is 1. The number of alkyl carbamates (subject to hydrolysis) is 2. The fourth-order valence-electron chi connectivity index (χ4n) is 5.43. The van der Waals surface area contributed by atoms with Crippen molar-refractivity contribution in [2.75, 3.05) is 6.26 Å². The normalized spacial score (nSPS) is 18.5. The quantitative estimate of drug-likeness (QED) is 0.126. The molecule has 3 N–H and O–H groups in total. The Morgan fingerprint density at radius 2 is 1.43 bits per heavy atom. The molecule has 0 spiro atoms. The van der Waals surface area contributed by atoms with Crippen molar-refractivity contribution < 1.29 is 37.0 Å². The molecule has 3 amide bonds.